The summed E-state index contributed by atoms with van der Waals surface area (Å²) < 4.78 is 5.76. The summed E-state index contributed by atoms with van der Waals surface area (Å²) >= 11 is 0. The van der Waals surface area contributed by atoms with Crippen molar-refractivity contribution in [3.63, 3.8) is 0 Å². The van der Waals surface area contributed by atoms with Crippen molar-refractivity contribution in [3.8, 4) is 5.75 Å². The number of hydrogen-bond donors (Lipinski definition) is 3. The lowest BCUT2D eigenvalue weighted by Gasteiger charge is -2.39. The van der Waals surface area contributed by atoms with Gasteiger partial charge in [0.2, 0.25) is 5.91 Å². The smallest absolute Gasteiger partial charge is 0.325 e. The van der Waals surface area contributed by atoms with Gasteiger partial charge in [-0.3, -0.25) is 14.5 Å². The Labute approximate surface area is 186 Å². The third-order valence-corrected chi connectivity index (χ3v) is 5.75. The molecule has 3 aromatic rings. The summed E-state index contributed by atoms with van der Waals surface area (Å²) in [5, 5.41) is 13.7. The number of hydrogen-bond acceptors (Lipinski definition) is 5. The molecule has 1 amide bonds. The van der Waals surface area contributed by atoms with Crippen LogP contribution < -0.4 is 15.0 Å². The molecule has 2 heterocycles. The molecule has 3 N–H and O–H groups in total. The minimum Gasteiger partial charge on any atom is -0.492 e. The number of carbonyl (C=O) groups excluding carboxylic acids is 1. The zero-order valence-corrected chi connectivity index (χ0v) is 18.3. The zero-order chi connectivity index (χ0) is 22.7. The first-order valence-electron chi connectivity index (χ1n) is 10.8. The van der Waals surface area contributed by atoms with Crippen molar-refractivity contribution < 1.29 is 19.4 Å². The molecule has 0 unspecified atom stereocenters. The van der Waals surface area contributed by atoms with E-state index in [1.807, 2.05) is 48.2 Å². The average molecular weight is 437 g/mol. The maximum Gasteiger partial charge on any atom is 0.325 e. The summed E-state index contributed by atoms with van der Waals surface area (Å²) in [4.78, 5) is 31.0. The van der Waals surface area contributed by atoms with Crippen molar-refractivity contribution in [2.24, 2.45) is 0 Å². The minimum absolute atomic E-state index is 0.150. The number of carboxylic acids is 1. The topological polar surface area (TPSA) is 97.9 Å². The number of aliphatic carboxylic acids is 1. The van der Waals surface area contributed by atoms with E-state index < -0.39 is 12.0 Å². The van der Waals surface area contributed by atoms with E-state index in [-0.39, 0.29) is 5.91 Å². The molecule has 1 atom stereocenters. The zero-order valence-electron chi connectivity index (χ0n) is 18.3. The molecule has 8 nitrogen and oxygen atoms in total. The lowest BCUT2D eigenvalue weighted by molar-refractivity contribution is -0.143. The molecule has 1 aliphatic heterocycles. The van der Waals surface area contributed by atoms with Crippen molar-refractivity contribution in [1.82, 2.24) is 9.88 Å². The number of anilines is 2. The van der Waals surface area contributed by atoms with E-state index >= 15 is 0 Å². The Morgan fingerprint density at radius 1 is 1.16 bits per heavy atom. The highest BCUT2D eigenvalue weighted by atomic mass is 16.5. The summed E-state index contributed by atoms with van der Waals surface area (Å²) in [5.74, 6) is -0.173. The Hall–Kier alpha value is -3.52. The molecule has 0 spiro atoms. The summed E-state index contributed by atoms with van der Waals surface area (Å²) in [6, 6.07) is 12.7. The lowest BCUT2D eigenvalue weighted by atomic mass is 10.0. The number of rotatable bonds is 7. The lowest BCUT2D eigenvalue weighted by Crippen LogP contribution is -2.49. The van der Waals surface area contributed by atoms with Crippen LogP contribution in [-0.2, 0) is 9.59 Å². The molecular weight excluding hydrogens is 408 g/mol. The van der Waals surface area contributed by atoms with Gasteiger partial charge in [0.25, 0.3) is 0 Å². The summed E-state index contributed by atoms with van der Waals surface area (Å²) in [6.45, 7) is 6.68. The second-order valence-corrected chi connectivity index (χ2v) is 7.85. The number of nitrogens with zero attached hydrogens (tertiary/aromatic N) is 2. The maximum absolute atomic E-state index is 12.3. The molecule has 4 rings (SSSR count). The number of fused-ring (bicyclic) bond motifs is 1. The molecule has 1 fully saturated rings. The molecule has 1 aromatic heterocycles. The van der Waals surface area contributed by atoms with Gasteiger partial charge in [0.05, 0.1) is 12.3 Å². The molecule has 0 radical (unpaired) electrons. The van der Waals surface area contributed by atoms with Crippen molar-refractivity contribution in [3.05, 3.63) is 54.2 Å². The fraction of sp³-hybridized carbons (Fsp3) is 0.333. The van der Waals surface area contributed by atoms with Crippen molar-refractivity contribution >= 4 is 34.2 Å². The SMILES string of the molecule is CCOc1ccccc1N1CCN([C@@H](C(=O)O)c2c[nH]c3cc(NC(C)=O)ccc23)CC1. The van der Waals surface area contributed by atoms with Crippen molar-refractivity contribution in [2.75, 3.05) is 43.0 Å². The molecule has 0 bridgehead atoms. The fourth-order valence-electron chi connectivity index (χ4n) is 4.36. The van der Waals surface area contributed by atoms with E-state index in [1.165, 1.54) is 6.92 Å². The summed E-state index contributed by atoms with van der Waals surface area (Å²) in [5.41, 5.74) is 3.23. The maximum atomic E-state index is 12.3. The number of amides is 1. The number of piperazine rings is 1. The second kappa shape index (κ2) is 9.32. The van der Waals surface area contributed by atoms with Crippen molar-refractivity contribution in [1.29, 1.82) is 0 Å². The predicted octanol–water partition coefficient (Wildman–Crippen LogP) is 3.47. The molecule has 0 saturated carbocycles. The number of carbonyl (C=O) groups is 2. The Kier molecular flexibility index (Phi) is 6.32. The molecule has 2 aromatic carbocycles. The van der Waals surface area contributed by atoms with Gasteiger partial charge < -0.3 is 25.0 Å². The van der Waals surface area contributed by atoms with Gasteiger partial charge in [-0.2, -0.15) is 0 Å². The number of aromatic amines is 1. The Balaban J connectivity index is 1.54. The van der Waals surface area contributed by atoms with Gasteiger partial charge in [-0.05, 0) is 31.2 Å². The normalized spacial score (nSPS) is 15.5. The highest BCUT2D eigenvalue weighted by Crippen LogP contribution is 2.33. The first-order chi connectivity index (χ1) is 15.5. The van der Waals surface area contributed by atoms with E-state index in [2.05, 4.69) is 15.2 Å². The fourth-order valence-corrected chi connectivity index (χ4v) is 4.36. The van der Waals surface area contributed by atoms with Crippen molar-refractivity contribution in [2.45, 2.75) is 19.9 Å². The van der Waals surface area contributed by atoms with Gasteiger partial charge in [0.15, 0.2) is 0 Å². The molecule has 1 aliphatic rings. The van der Waals surface area contributed by atoms with E-state index in [0.29, 0.717) is 38.5 Å². The third-order valence-electron chi connectivity index (χ3n) is 5.75. The summed E-state index contributed by atoms with van der Waals surface area (Å²) in [6.07, 6.45) is 1.76. The van der Waals surface area contributed by atoms with Crippen LogP contribution in [0.3, 0.4) is 0 Å². The predicted molar refractivity (Wildman–Crippen MR) is 124 cm³/mol. The first kappa shape index (κ1) is 21.7. The molecule has 32 heavy (non-hydrogen) atoms. The quantitative estimate of drug-likeness (QED) is 0.525. The molecule has 168 valence electrons. The molecule has 1 saturated heterocycles. The Morgan fingerprint density at radius 3 is 2.59 bits per heavy atom. The van der Waals surface area contributed by atoms with E-state index in [9.17, 15) is 14.7 Å². The first-order valence-corrected chi connectivity index (χ1v) is 10.8. The molecule has 8 heteroatoms. The number of nitrogens with one attached hydrogen (secondary N) is 2. The van der Waals surface area contributed by atoms with Gasteiger partial charge in [-0.1, -0.05) is 18.2 Å². The van der Waals surface area contributed by atoms with Crippen LogP contribution in [0.25, 0.3) is 10.9 Å². The monoisotopic (exact) mass is 436 g/mol. The van der Waals surface area contributed by atoms with Gasteiger partial charge in [0.1, 0.15) is 11.8 Å². The van der Waals surface area contributed by atoms with Gasteiger partial charge in [-0.25, -0.2) is 0 Å². The average Bonchev–Trinajstić information content (AvgIpc) is 3.17. The Morgan fingerprint density at radius 2 is 1.91 bits per heavy atom. The van der Waals surface area contributed by atoms with Gasteiger partial charge in [-0.15, -0.1) is 0 Å². The molecular formula is C24H28N4O4. The van der Waals surface area contributed by atoms with E-state index in [1.54, 1.807) is 12.3 Å². The minimum atomic E-state index is -0.875. The second-order valence-electron chi connectivity index (χ2n) is 7.85. The van der Waals surface area contributed by atoms with Crippen LogP contribution in [0, 0.1) is 0 Å². The Bertz CT molecular complexity index is 1120. The highest BCUT2D eigenvalue weighted by Gasteiger charge is 2.32. The standard InChI is InChI=1S/C24H28N4O4/c1-3-32-22-7-5-4-6-21(22)27-10-12-28(13-11-27)23(24(30)31)19-15-25-20-14-17(26-16(2)29)8-9-18(19)20/h4-9,14-15,23,25H,3,10-13H2,1-2H3,(H,26,29)(H,30,31)/t23-/m1/s1. The number of para-hydroxylation sites is 2. The van der Waals surface area contributed by atoms with Crippen LogP contribution in [-0.4, -0.2) is 59.7 Å². The van der Waals surface area contributed by atoms with Crippen LogP contribution in [0.4, 0.5) is 11.4 Å². The van der Waals surface area contributed by atoms with Gasteiger partial charge in [0, 0.05) is 61.5 Å². The van der Waals surface area contributed by atoms with E-state index in [4.69, 9.17) is 4.74 Å². The highest BCUT2D eigenvalue weighted by molar-refractivity contribution is 5.94. The number of carboxylic acid groups (broad SMARTS) is 1. The van der Waals surface area contributed by atoms with Crippen LogP contribution in [0.15, 0.2) is 48.7 Å². The van der Waals surface area contributed by atoms with E-state index in [0.717, 1.165) is 27.9 Å². The number of aromatic nitrogens is 1. The van der Waals surface area contributed by atoms with Crippen LogP contribution in [0.5, 0.6) is 5.75 Å². The van der Waals surface area contributed by atoms with Gasteiger partial charge >= 0.3 is 5.97 Å². The number of H-pyrrole nitrogens is 1. The largest absolute Gasteiger partial charge is 0.492 e. The third kappa shape index (κ3) is 4.40. The number of benzene rings is 2. The van der Waals surface area contributed by atoms with Crippen LogP contribution in [0.1, 0.15) is 25.5 Å². The van der Waals surface area contributed by atoms with Crippen LogP contribution in [0.2, 0.25) is 0 Å². The summed E-state index contributed by atoms with van der Waals surface area (Å²) in [7, 11) is 0. The van der Waals surface area contributed by atoms with Crippen LogP contribution >= 0.6 is 0 Å². The molecule has 0 aliphatic carbocycles. The number of ether oxygens (including phenoxy) is 1.